The Morgan fingerprint density at radius 3 is 2.33 bits per heavy atom. The number of nitrogens with one attached hydrogen (secondary N) is 1. The van der Waals surface area contributed by atoms with Crippen LogP contribution in [-0.2, 0) is 14.9 Å². The molecule has 2 aliphatic carbocycles. The molecular weight excluding hydrogens is 565 g/mol. The molecule has 6 rings (SSSR count). The number of anilines is 1. The van der Waals surface area contributed by atoms with Crippen LogP contribution < -0.4 is 10.2 Å². The van der Waals surface area contributed by atoms with E-state index in [2.05, 4.69) is 16.3 Å². The number of nitrogens with zero attached hydrogens (tertiary/aromatic N) is 6. The lowest BCUT2D eigenvalue weighted by atomic mass is 9.75. The fourth-order valence-corrected chi connectivity index (χ4v) is 8.46. The Hall–Kier alpha value is -4.22. The number of halogens is 1. The maximum Gasteiger partial charge on any atom is 0.225 e. The second-order valence-electron chi connectivity index (χ2n) is 12.0. The van der Waals surface area contributed by atoms with Crippen LogP contribution in [0.3, 0.4) is 0 Å². The molecule has 9 nitrogen and oxygen atoms in total. The summed E-state index contributed by atoms with van der Waals surface area (Å²) < 4.78 is 29.9. The van der Waals surface area contributed by atoms with Gasteiger partial charge < -0.3 is 10.2 Å². The number of thiol groups is 1. The summed E-state index contributed by atoms with van der Waals surface area (Å²) in [7, 11) is -1.05. The molecule has 0 bridgehead atoms. The first kappa shape index (κ1) is 28.9. The van der Waals surface area contributed by atoms with Gasteiger partial charge in [0.2, 0.25) is 5.91 Å². The van der Waals surface area contributed by atoms with Gasteiger partial charge in [-0.05, 0) is 77.8 Å². The standard InChI is InChI=1S/C32H36FN7O2S/c1-38(22-35)43(42)18-16-39(17-19-43)25-10-6-23(7-11-25)29-20-40(26-12-8-24(33)9-13-26)37-30(29)27-4-2-3-5-28(27)31(41)36-32(21-34)14-15-32/h6-13,20,27-28,43H,2-5,14-19H2,1H3,(H,36,41)/t27-,28-/m1/s1. The van der Waals surface area contributed by atoms with Crippen LogP contribution in [0.25, 0.3) is 16.8 Å². The number of nitriles is 2. The fourth-order valence-electron chi connectivity index (χ4n) is 6.37. The highest BCUT2D eigenvalue weighted by atomic mass is 32.3. The normalized spacial score (nSPS) is 22.9. The molecule has 11 heteroatoms. The van der Waals surface area contributed by atoms with Crippen LogP contribution in [0, 0.1) is 34.5 Å². The van der Waals surface area contributed by atoms with Gasteiger partial charge >= 0.3 is 0 Å². The van der Waals surface area contributed by atoms with Gasteiger partial charge in [0.25, 0.3) is 0 Å². The molecule has 2 atom stereocenters. The monoisotopic (exact) mass is 601 g/mol. The molecule has 43 heavy (non-hydrogen) atoms. The zero-order valence-electron chi connectivity index (χ0n) is 24.2. The molecule has 0 radical (unpaired) electrons. The molecule has 0 unspecified atom stereocenters. The fraction of sp³-hybridized carbons (Fsp3) is 0.438. The summed E-state index contributed by atoms with van der Waals surface area (Å²) in [5, 5.41) is 26.8. The van der Waals surface area contributed by atoms with Crippen LogP contribution in [0.15, 0.2) is 54.7 Å². The van der Waals surface area contributed by atoms with Gasteiger partial charge in [0.05, 0.1) is 17.5 Å². The summed E-state index contributed by atoms with van der Waals surface area (Å²) in [6.45, 7) is 1.22. The summed E-state index contributed by atoms with van der Waals surface area (Å²) in [5.74, 6) is 0.122. The molecule has 2 aromatic carbocycles. The van der Waals surface area contributed by atoms with Gasteiger partial charge in [0.1, 0.15) is 11.4 Å². The minimum absolute atomic E-state index is 0.0780. The van der Waals surface area contributed by atoms with Crippen molar-refractivity contribution >= 4 is 21.7 Å². The molecule has 0 spiro atoms. The van der Waals surface area contributed by atoms with Crippen LogP contribution in [0.2, 0.25) is 0 Å². The minimum Gasteiger partial charge on any atom is -0.370 e. The van der Waals surface area contributed by atoms with Crippen molar-refractivity contribution in [3.05, 3.63) is 66.2 Å². The zero-order valence-corrected chi connectivity index (χ0v) is 25.1. The Bertz CT molecular complexity index is 1620. The first-order valence-electron chi connectivity index (χ1n) is 14.9. The maximum absolute atomic E-state index is 13.7. The summed E-state index contributed by atoms with van der Waals surface area (Å²) in [5.41, 5.74) is 3.72. The van der Waals surface area contributed by atoms with E-state index in [0.29, 0.717) is 37.4 Å². The van der Waals surface area contributed by atoms with Crippen molar-refractivity contribution in [1.82, 2.24) is 19.4 Å². The van der Waals surface area contributed by atoms with Crippen LogP contribution in [-0.4, -0.2) is 61.4 Å². The van der Waals surface area contributed by atoms with E-state index >= 15 is 0 Å². The molecule has 224 valence electrons. The Labute approximate surface area is 252 Å². The average molecular weight is 602 g/mol. The smallest absolute Gasteiger partial charge is 0.225 e. The summed E-state index contributed by atoms with van der Waals surface area (Å²) in [6.07, 6.45) is 8.83. The molecule has 1 aromatic heterocycles. The molecule has 2 saturated carbocycles. The van der Waals surface area contributed by atoms with Gasteiger partial charge in [-0.25, -0.2) is 9.07 Å². The van der Waals surface area contributed by atoms with Crippen LogP contribution in [0.1, 0.15) is 50.1 Å². The summed E-state index contributed by atoms with van der Waals surface area (Å²) in [4.78, 5) is 15.7. The highest BCUT2D eigenvalue weighted by Gasteiger charge is 2.47. The van der Waals surface area contributed by atoms with E-state index in [1.807, 2.05) is 36.7 Å². The Kier molecular flexibility index (Phi) is 7.70. The molecule has 3 aromatic rings. The molecule has 1 N–H and O–H groups in total. The van der Waals surface area contributed by atoms with Gasteiger partial charge in [-0.15, -0.1) is 0 Å². The highest BCUT2D eigenvalue weighted by molar-refractivity contribution is 8.01. The Morgan fingerprint density at radius 1 is 1.05 bits per heavy atom. The number of rotatable bonds is 7. The number of hydrogen-bond acceptors (Lipinski definition) is 6. The lowest BCUT2D eigenvalue weighted by Crippen LogP contribution is -2.49. The molecule has 3 aliphatic rings. The Balaban J connectivity index is 1.31. The zero-order chi connectivity index (χ0) is 30.2. The van der Waals surface area contributed by atoms with Crippen molar-refractivity contribution < 1.29 is 13.4 Å². The lowest BCUT2D eigenvalue weighted by Gasteiger charge is -2.39. The quantitative estimate of drug-likeness (QED) is 0.237. The predicted molar refractivity (Wildman–Crippen MR) is 164 cm³/mol. The van der Waals surface area contributed by atoms with E-state index in [0.717, 1.165) is 53.9 Å². The van der Waals surface area contributed by atoms with Gasteiger partial charge in [0, 0.05) is 60.9 Å². The number of benzene rings is 2. The topological polar surface area (TPSA) is 118 Å². The van der Waals surface area contributed by atoms with E-state index in [1.54, 1.807) is 23.9 Å². The molecule has 3 fully saturated rings. The first-order chi connectivity index (χ1) is 20.7. The van der Waals surface area contributed by atoms with Crippen molar-refractivity contribution in [3.63, 3.8) is 0 Å². The van der Waals surface area contributed by atoms with Crippen molar-refractivity contribution in [1.29, 1.82) is 10.5 Å². The van der Waals surface area contributed by atoms with E-state index in [9.17, 15) is 23.9 Å². The largest absolute Gasteiger partial charge is 0.370 e. The molecular formula is C32H36FN7O2S. The van der Waals surface area contributed by atoms with Crippen LogP contribution in [0.5, 0.6) is 0 Å². The third kappa shape index (κ3) is 5.74. The SMILES string of the molecule is CN(C#N)[SH]1(=O)CCN(c2ccc(-c3cn(-c4ccc(F)cc4)nc3[C@@H]3CCCC[C@H]3C(=O)NC3(C#N)CC3)cc2)CC1. The predicted octanol–water partition coefficient (Wildman–Crippen LogP) is 4.29. The van der Waals surface area contributed by atoms with Crippen LogP contribution >= 0.6 is 0 Å². The third-order valence-electron chi connectivity index (χ3n) is 9.29. The van der Waals surface area contributed by atoms with Gasteiger partial charge in [-0.1, -0.05) is 25.0 Å². The molecule has 1 saturated heterocycles. The van der Waals surface area contributed by atoms with Gasteiger partial charge in [0.15, 0.2) is 6.19 Å². The van der Waals surface area contributed by atoms with Crippen LogP contribution in [0.4, 0.5) is 10.1 Å². The van der Waals surface area contributed by atoms with E-state index < -0.39 is 15.7 Å². The molecule has 1 amide bonds. The summed E-state index contributed by atoms with van der Waals surface area (Å²) >= 11 is 0. The third-order valence-corrected chi connectivity index (χ3v) is 12.3. The number of carbonyl (C=O) groups excluding carboxylic acids is 1. The van der Waals surface area contributed by atoms with Crippen molar-refractivity contribution in [3.8, 4) is 29.1 Å². The van der Waals surface area contributed by atoms with E-state index in [-0.39, 0.29) is 23.6 Å². The number of carbonyl (C=O) groups is 1. The van der Waals surface area contributed by atoms with Gasteiger partial charge in [-0.3, -0.25) is 13.3 Å². The van der Waals surface area contributed by atoms with Crippen molar-refractivity contribution in [2.24, 2.45) is 5.92 Å². The van der Waals surface area contributed by atoms with Crippen molar-refractivity contribution in [2.75, 3.05) is 36.5 Å². The highest BCUT2D eigenvalue weighted by Crippen LogP contribution is 2.43. The van der Waals surface area contributed by atoms with Crippen molar-refractivity contribution in [2.45, 2.75) is 50.0 Å². The number of amides is 1. The average Bonchev–Trinajstić information content (AvgIpc) is 3.68. The minimum atomic E-state index is -2.65. The Morgan fingerprint density at radius 2 is 1.70 bits per heavy atom. The van der Waals surface area contributed by atoms with E-state index in [4.69, 9.17) is 5.10 Å². The lowest BCUT2D eigenvalue weighted by molar-refractivity contribution is -0.127. The van der Waals surface area contributed by atoms with E-state index in [1.165, 1.54) is 16.4 Å². The second kappa shape index (κ2) is 11.5. The first-order valence-corrected chi connectivity index (χ1v) is 16.9. The molecule has 1 aliphatic heterocycles. The number of aromatic nitrogens is 2. The number of hydrogen-bond donors (Lipinski definition) is 2. The van der Waals surface area contributed by atoms with Gasteiger partial charge in [-0.2, -0.15) is 15.6 Å². The second-order valence-corrected chi connectivity index (χ2v) is 15.2. The maximum atomic E-state index is 13.7. The molecule has 2 heterocycles. The summed E-state index contributed by atoms with van der Waals surface area (Å²) in [6, 6.07) is 16.7.